The summed E-state index contributed by atoms with van der Waals surface area (Å²) in [5, 5.41) is 0. The number of rotatable bonds is 1. The van der Waals surface area contributed by atoms with Gasteiger partial charge in [0.05, 0.1) is 11.4 Å². The van der Waals surface area contributed by atoms with Crippen LogP contribution in [0.5, 0.6) is 0 Å². The molecule has 0 saturated heterocycles. The van der Waals surface area contributed by atoms with Gasteiger partial charge in [-0.1, -0.05) is 76.6 Å². The second-order valence-corrected chi connectivity index (χ2v) is 8.88. The number of halogens is 1. The molecule has 140 valence electrons. The fraction of sp³-hybridized carbons (Fsp3) is 0.148. The van der Waals surface area contributed by atoms with Gasteiger partial charge in [-0.25, -0.2) is 4.98 Å². The fourth-order valence-corrected chi connectivity index (χ4v) is 5.29. The van der Waals surface area contributed by atoms with E-state index in [9.17, 15) is 0 Å². The Balaban J connectivity index is 1.71. The summed E-state index contributed by atoms with van der Waals surface area (Å²) in [7, 11) is 0. The molecule has 1 heterocycles. The van der Waals surface area contributed by atoms with Gasteiger partial charge in [0.15, 0.2) is 0 Å². The van der Waals surface area contributed by atoms with E-state index in [1.807, 2.05) is 0 Å². The molecule has 0 fully saturated rings. The third-order valence-electron chi connectivity index (χ3n) is 6.37. The van der Waals surface area contributed by atoms with Gasteiger partial charge < -0.3 is 0 Å². The molecular weight excluding hydrogens is 418 g/mol. The van der Waals surface area contributed by atoms with Crippen LogP contribution in [0.4, 0.5) is 0 Å². The third-order valence-corrected chi connectivity index (χ3v) is 6.89. The van der Waals surface area contributed by atoms with Crippen molar-refractivity contribution in [3.63, 3.8) is 0 Å². The quantitative estimate of drug-likeness (QED) is 0.311. The zero-order valence-electron chi connectivity index (χ0n) is 16.1. The van der Waals surface area contributed by atoms with Crippen molar-refractivity contribution in [2.24, 2.45) is 0 Å². The standard InChI is InChI=1S/C27H20BrN/c28-20-13-9-19(10-14-20)25-23-15-11-17-5-1-3-7-21(17)26(23)29-27-22-8-4-2-6-18(22)12-16-24(25)27/h1-10,13-14H,11-12,15-16H2. The summed E-state index contributed by atoms with van der Waals surface area (Å²) in [5.74, 6) is 0. The Morgan fingerprint density at radius 1 is 0.586 bits per heavy atom. The number of hydrogen-bond acceptors (Lipinski definition) is 1. The molecule has 0 unspecified atom stereocenters. The molecule has 0 atom stereocenters. The van der Waals surface area contributed by atoms with E-state index in [1.54, 1.807) is 0 Å². The van der Waals surface area contributed by atoms with Gasteiger partial charge >= 0.3 is 0 Å². The second kappa shape index (κ2) is 6.67. The summed E-state index contributed by atoms with van der Waals surface area (Å²) in [6.45, 7) is 0. The Bertz CT molecular complexity index is 1180. The van der Waals surface area contributed by atoms with Gasteiger partial charge in [-0.15, -0.1) is 0 Å². The summed E-state index contributed by atoms with van der Waals surface area (Å²) in [6, 6.07) is 26.4. The molecule has 1 aromatic heterocycles. The zero-order valence-corrected chi connectivity index (χ0v) is 17.7. The van der Waals surface area contributed by atoms with Gasteiger partial charge in [0.2, 0.25) is 0 Å². The summed E-state index contributed by atoms with van der Waals surface area (Å²) < 4.78 is 1.12. The molecule has 0 spiro atoms. The first-order valence-corrected chi connectivity index (χ1v) is 11.1. The van der Waals surface area contributed by atoms with Gasteiger partial charge in [-0.2, -0.15) is 0 Å². The first kappa shape index (κ1) is 17.2. The highest BCUT2D eigenvalue weighted by atomic mass is 79.9. The van der Waals surface area contributed by atoms with Crippen molar-refractivity contribution in [2.45, 2.75) is 25.7 Å². The lowest BCUT2D eigenvalue weighted by Gasteiger charge is -2.29. The first-order chi connectivity index (χ1) is 14.3. The number of benzene rings is 3. The average molecular weight is 438 g/mol. The maximum Gasteiger partial charge on any atom is 0.0750 e. The number of hydrogen-bond donors (Lipinski definition) is 0. The van der Waals surface area contributed by atoms with Crippen molar-refractivity contribution < 1.29 is 0 Å². The van der Waals surface area contributed by atoms with Gasteiger partial charge in [-0.3, -0.25) is 0 Å². The Labute approximate surface area is 179 Å². The molecule has 4 aromatic rings. The van der Waals surface area contributed by atoms with Crippen molar-refractivity contribution >= 4 is 15.9 Å². The lowest BCUT2D eigenvalue weighted by atomic mass is 9.78. The molecule has 0 radical (unpaired) electrons. The number of fused-ring (bicyclic) bond motifs is 6. The summed E-state index contributed by atoms with van der Waals surface area (Å²) in [5.41, 5.74) is 13.4. The van der Waals surface area contributed by atoms with Crippen LogP contribution in [0.2, 0.25) is 0 Å². The van der Waals surface area contributed by atoms with E-state index in [2.05, 4.69) is 88.7 Å². The molecule has 0 bridgehead atoms. The Hall–Kier alpha value is -2.71. The van der Waals surface area contributed by atoms with E-state index in [0.29, 0.717) is 0 Å². The van der Waals surface area contributed by atoms with Gasteiger partial charge in [0.1, 0.15) is 0 Å². The maximum absolute atomic E-state index is 5.33. The van der Waals surface area contributed by atoms with E-state index < -0.39 is 0 Å². The smallest absolute Gasteiger partial charge is 0.0750 e. The minimum absolute atomic E-state index is 1.06. The van der Waals surface area contributed by atoms with Gasteiger partial charge in [0.25, 0.3) is 0 Å². The molecule has 0 N–H and O–H groups in total. The van der Waals surface area contributed by atoms with E-state index in [-0.39, 0.29) is 0 Å². The first-order valence-electron chi connectivity index (χ1n) is 10.3. The monoisotopic (exact) mass is 437 g/mol. The highest BCUT2D eigenvalue weighted by Gasteiger charge is 2.28. The molecule has 1 nitrogen and oxygen atoms in total. The molecule has 0 aliphatic heterocycles. The number of pyridine rings is 1. The molecule has 3 aromatic carbocycles. The van der Waals surface area contributed by atoms with Crippen molar-refractivity contribution in [1.82, 2.24) is 4.98 Å². The molecule has 2 aliphatic carbocycles. The SMILES string of the molecule is Brc1ccc(-c2c3c(nc4c2CCc2ccccc2-4)-c2ccccc2CC3)cc1. The molecule has 0 amide bonds. The normalized spacial score (nSPS) is 13.8. The Kier molecular flexibility index (Phi) is 3.95. The van der Waals surface area contributed by atoms with Crippen molar-refractivity contribution in [3.8, 4) is 33.6 Å². The van der Waals surface area contributed by atoms with Crippen LogP contribution < -0.4 is 0 Å². The van der Waals surface area contributed by atoms with Crippen LogP contribution in [-0.4, -0.2) is 4.98 Å². The third kappa shape index (κ3) is 2.70. The lowest BCUT2D eigenvalue weighted by Crippen LogP contribution is -2.14. The molecule has 29 heavy (non-hydrogen) atoms. The summed E-state index contributed by atoms with van der Waals surface area (Å²) in [6.07, 6.45) is 4.28. The fourth-order valence-electron chi connectivity index (χ4n) is 5.02. The summed E-state index contributed by atoms with van der Waals surface area (Å²) in [4.78, 5) is 5.33. The predicted octanol–water partition coefficient (Wildman–Crippen LogP) is 7.04. The van der Waals surface area contributed by atoms with Gasteiger partial charge in [0, 0.05) is 15.6 Å². The van der Waals surface area contributed by atoms with Crippen LogP contribution in [0.25, 0.3) is 33.6 Å². The molecule has 6 rings (SSSR count). The van der Waals surface area contributed by atoms with Crippen molar-refractivity contribution in [1.29, 1.82) is 0 Å². The van der Waals surface area contributed by atoms with Crippen LogP contribution in [0.3, 0.4) is 0 Å². The van der Waals surface area contributed by atoms with Crippen molar-refractivity contribution in [2.75, 3.05) is 0 Å². The van der Waals surface area contributed by atoms with Crippen LogP contribution in [-0.2, 0) is 25.7 Å². The van der Waals surface area contributed by atoms with Crippen molar-refractivity contribution in [3.05, 3.63) is 99.5 Å². The van der Waals surface area contributed by atoms with Crippen LogP contribution >= 0.6 is 15.9 Å². The maximum atomic E-state index is 5.33. The zero-order chi connectivity index (χ0) is 19.4. The average Bonchev–Trinajstić information content (AvgIpc) is 2.78. The second-order valence-electron chi connectivity index (χ2n) is 7.96. The molecule has 2 heteroatoms. The van der Waals surface area contributed by atoms with E-state index in [4.69, 9.17) is 4.98 Å². The Morgan fingerprint density at radius 2 is 1.10 bits per heavy atom. The predicted molar refractivity (Wildman–Crippen MR) is 123 cm³/mol. The number of aryl methyl sites for hydroxylation is 2. The lowest BCUT2D eigenvalue weighted by molar-refractivity contribution is 0.892. The number of aromatic nitrogens is 1. The van der Waals surface area contributed by atoms with Crippen LogP contribution in [0, 0.1) is 0 Å². The Morgan fingerprint density at radius 3 is 1.66 bits per heavy atom. The van der Waals surface area contributed by atoms with Crippen LogP contribution in [0.15, 0.2) is 77.3 Å². The van der Waals surface area contributed by atoms with Crippen LogP contribution in [0.1, 0.15) is 22.3 Å². The minimum atomic E-state index is 1.06. The summed E-state index contributed by atoms with van der Waals surface area (Å²) >= 11 is 3.60. The number of nitrogens with zero attached hydrogens (tertiary/aromatic N) is 1. The molecular formula is C27H20BrN. The highest BCUT2D eigenvalue weighted by Crippen LogP contribution is 2.45. The largest absolute Gasteiger partial charge is 0.247 e. The van der Waals surface area contributed by atoms with Gasteiger partial charge in [-0.05, 0) is 71.2 Å². The van der Waals surface area contributed by atoms with E-state index in [1.165, 1.54) is 55.9 Å². The molecule has 0 saturated carbocycles. The minimum Gasteiger partial charge on any atom is -0.247 e. The molecule has 2 aliphatic rings. The van der Waals surface area contributed by atoms with E-state index in [0.717, 1.165) is 30.2 Å². The topological polar surface area (TPSA) is 12.9 Å². The highest BCUT2D eigenvalue weighted by molar-refractivity contribution is 9.10. The van der Waals surface area contributed by atoms with E-state index >= 15 is 0 Å².